The predicted molar refractivity (Wildman–Crippen MR) is 106 cm³/mol. The molecule has 0 saturated carbocycles. The molecule has 0 radical (unpaired) electrons. The summed E-state index contributed by atoms with van der Waals surface area (Å²) in [6.07, 6.45) is -0.752. The van der Waals surface area contributed by atoms with E-state index in [2.05, 4.69) is 10.1 Å². The van der Waals surface area contributed by atoms with Crippen molar-refractivity contribution in [1.82, 2.24) is 4.90 Å². The zero-order chi connectivity index (χ0) is 21.3. The Morgan fingerprint density at radius 3 is 2.40 bits per heavy atom. The summed E-state index contributed by atoms with van der Waals surface area (Å²) in [6.45, 7) is 2.20. The minimum atomic E-state index is -0.843. The topological polar surface area (TPSA) is 88.2 Å². The van der Waals surface area contributed by atoms with E-state index in [1.807, 2.05) is 12.1 Å². The summed E-state index contributed by atoms with van der Waals surface area (Å²) in [5.74, 6) is -1.89. The smallest absolute Gasteiger partial charge is 0.267 e. The Balaban J connectivity index is 1.34. The van der Waals surface area contributed by atoms with Gasteiger partial charge >= 0.3 is 0 Å². The fourth-order valence-electron chi connectivity index (χ4n) is 3.61. The van der Waals surface area contributed by atoms with Gasteiger partial charge in [-0.15, -0.1) is 0 Å². The number of rotatable bonds is 4. The molecule has 9 heteroatoms. The molecular weight excluding hydrogens is 394 g/mol. The van der Waals surface area contributed by atoms with Crippen LogP contribution in [-0.2, 0) is 9.63 Å². The standard InChI is InChI=1S/C21H20F2N4O3/c22-14-3-6-17(23)16(11-14)18-12-19(30-25-18)21(29)27-9-7-26(8-10-27)15-4-1-13(2-5-15)20(24)28/h1-6,11,19H,7-10,12H2,(H2,24,28). The van der Waals surface area contributed by atoms with Crippen molar-refractivity contribution < 1.29 is 23.2 Å². The minimum Gasteiger partial charge on any atom is -0.382 e. The highest BCUT2D eigenvalue weighted by Gasteiger charge is 2.34. The van der Waals surface area contributed by atoms with Crippen LogP contribution in [0.5, 0.6) is 0 Å². The Hall–Kier alpha value is -3.49. The Morgan fingerprint density at radius 2 is 1.73 bits per heavy atom. The van der Waals surface area contributed by atoms with Crippen LogP contribution in [0.15, 0.2) is 47.6 Å². The molecular formula is C21H20F2N4O3. The van der Waals surface area contributed by atoms with E-state index in [0.717, 1.165) is 23.9 Å². The van der Waals surface area contributed by atoms with E-state index in [1.54, 1.807) is 17.0 Å². The minimum absolute atomic E-state index is 0.00882. The van der Waals surface area contributed by atoms with Crippen LogP contribution in [0.2, 0.25) is 0 Å². The third kappa shape index (κ3) is 3.96. The van der Waals surface area contributed by atoms with Gasteiger partial charge in [-0.05, 0) is 42.5 Å². The van der Waals surface area contributed by atoms with Crippen molar-refractivity contribution >= 4 is 23.2 Å². The van der Waals surface area contributed by atoms with Gasteiger partial charge in [0.25, 0.3) is 5.91 Å². The number of benzene rings is 2. The van der Waals surface area contributed by atoms with E-state index in [1.165, 1.54) is 0 Å². The molecule has 1 fully saturated rings. The largest absolute Gasteiger partial charge is 0.382 e. The second-order valence-corrected chi connectivity index (χ2v) is 7.18. The first-order chi connectivity index (χ1) is 14.4. The molecule has 2 aromatic carbocycles. The molecule has 1 atom stereocenters. The number of anilines is 1. The summed E-state index contributed by atoms with van der Waals surface area (Å²) in [7, 11) is 0. The van der Waals surface area contributed by atoms with E-state index >= 15 is 0 Å². The fraction of sp³-hybridized carbons (Fsp3) is 0.286. The van der Waals surface area contributed by atoms with Crippen molar-refractivity contribution in [3.63, 3.8) is 0 Å². The van der Waals surface area contributed by atoms with E-state index < -0.39 is 23.6 Å². The van der Waals surface area contributed by atoms with E-state index in [-0.39, 0.29) is 23.6 Å². The van der Waals surface area contributed by atoms with Gasteiger partial charge in [-0.3, -0.25) is 9.59 Å². The van der Waals surface area contributed by atoms with Gasteiger partial charge in [-0.1, -0.05) is 5.16 Å². The lowest BCUT2D eigenvalue weighted by Gasteiger charge is -2.36. The number of carbonyl (C=O) groups is 2. The molecule has 0 aromatic heterocycles. The Morgan fingerprint density at radius 1 is 1.03 bits per heavy atom. The Kier molecular flexibility index (Phi) is 5.35. The summed E-state index contributed by atoms with van der Waals surface area (Å²) in [5.41, 5.74) is 6.87. The molecule has 2 aromatic rings. The summed E-state index contributed by atoms with van der Waals surface area (Å²) >= 11 is 0. The Labute approximate surface area is 171 Å². The zero-order valence-corrected chi connectivity index (χ0v) is 16.1. The third-order valence-electron chi connectivity index (χ3n) is 5.29. The summed E-state index contributed by atoms with van der Waals surface area (Å²) < 4.78 is 27.4. The highest BCUT2D eigenvalue weighted by molar-refractivity contribution is 6.04. The number of hydrogen-bond acceptors (Lipinski definition) is 5. The lowest BCUT2D eigenvalue weighted by Crippen LogP contribution is -2.51. The van der Waals surface area contributed by atoms with Gasteiger partial charge in [0, 0.05) is 49.4 Å². The molecule has 2 aliphatic heterocycles. The van der Waals surface area contributed by atoms with E-state index in [9.17, 15) is 18.4 Å². The van der Waals surface area contributed by atoms with Gasteiger partial charge in [0.05, 0.1) is 5.71 Å². The van der Waals surface area contributed by atoms with Crippen LogP contribution in [0.1, 0.15) is 22.3 Å². The van der Waals surface area contributed by atoms with Crippen LogP contribution in [0.4, 0.5) is 14.5 Å². The number of oxime groups is 1. The van der Waals surface area contributed by atoms with Crippen molar-refractivity contribution in [2.24, 2.45) is 10.9 Å². The maximum atomic E-state index is 13.9. The third-order valence-corrected chi connectivity index (χ3v) is 5.29. The molecule has 2 aliphatic rings. The highest BCUT2D eigenvalue weighted by Crippen LogP contribution is 2.23. The monoisotopic (exact) mass is 414 g/mol. The molecule has 0 spiro atoms. The van der Waals surface area contributed by atoms with Gasteiger partial charge in [0.2, 0.25) is 12.0 Å². The SMILES string of the molecule is NC(=O)c1ccc(N2CCN(C(=O)C3CC(c4cc(F)ccc4F)=NO3)CC2)cc1. The van der Waals surface area contributed by atoms with Crippen molar-refractivity contribution in [2.45, 2.75) is 12.5 Å². The highest BCUT2D eigenvalue weighted by atomic mass is 19.1. The molecule has 4 rings (SSSR count). The second-order valence-electron chi connectivity index (χ2n) is 7.18. The first-order valence-electron chi connectivity index (χ1n) is 9.54. The van der Waals surface area contributed by atoms with Crippen LogP contribution in [-0.4, -0.2) is 54.7 Å². The first-order valence-corrected chi connectivity index (χ1v) is 9.54. The number of amides is 2. The van der Waals surface area contributed by atoms with E-state index in [0.29, 0.717) is 31.7 Å². The summed E-state index contributed by atoms with van der Waals surface area (Å²) in [4.78, 5) is 33.0. The van der Waals surface area contributed by atoms with Crippen molar-refractivity contribution in [2.75, 3.05) is 31.1 Å². The normalized spacial score (nSPS) is 18.7. The zero-order valence-electron chi connectivity index (χ0n) is 16.1. The maximum absolute atomic E-state index is 13.9. The lowest BCUT2D eigenvalue weighted by atomic mass is 10.0. The molecule has 7 nitrogen and oxygen atoms in total. The summed E-state index contributed by atoms with van der Waals surface area (Å²) in [5, 5.41) is 3.80. The molecule has 1 unspecified atom stereocenters. The van der Waals surface area contributed by atoms with Gasteiger partial charge in [-0.2, -0.15) is 0 Å². The Bertz CT molecular complexity index is 1000. The number of nitrogens with two attached hydrogens (primary N) is 1. The van der Waals surface area contributed by atoms with Gasteiger partial charge in [-0.25, -0.2) is 8.78 Å². The average Bonchev–Trinajstić information content (AvgIpc) is 3.25. The number of nitrogens with zero attached hydrogens (tertiary/aromatic N) is 3. The molecule has 2 amide bonds. The lowest BCUT2D eigenvalue weighted by molar-refractivity contribution is -0.142. The quantitative estimate of drug-likeness (QED) is 0.828. The summed E-state index contributed by atoms with van der Waals surface area (Å²) in [6, 6.07) is 10.1. The average molecular weight is 414 g/mol. The predicted octanol–water partition coefficient (Wildman–Crippen LogP) is 1.91. The van der Waals surface area contributed by atoms with Gasteiger partial charge in [0.1, 0.15) is 11.6 Å². The number of primary amides is 1. The molecule has 2 N–H and O–H groups in total. The number of halogens is 2. The molecule has 1 saturated heterocycles. The van der Waals surface area contributed by atoms with Gasteiger partial charge in [0.15, 0.2) is 0 Å². The second kappa shape index (κ2) is 8.10. The molecule has 0 aliphatic carbocycles. The van der Waals surface area contributed by atoms with Crippen molar-refractivity contribution in [3.05, 3.63) is 65.2 Å². The van der Waals surface area contributed by atoms with Crippen LogP contribution >= 0.6 is 0 Å². The molecule has 156 valence electrons. The van der Waals surface area contributed by atoms with Crippen LogP contribution in [0.3, 0.4) is 0 Å². The maximum Gasteiger partial charge on any atom is 0.267 e. The van der Waals surface area contributed by atoms with Crippen LogP contribution in [0.25, 0.3) is 0 Å². The number of hydrogen-bond donors (Lipinski definition) is 1. The first kappa shape index (κ1) is 19.8. The van der Waals surface area contributed by atoms with Gasteiger partial charge < -0.3 is 20.4 Å². The molecule has 30 heavy (non-hydrogen) atoms. The molecule has 2 heterocycles. The molecule has 0 bridgehead atoms. The van der Waals surface area contributed by atoms with E-state index in [4.69, 9.17) is 10.6 Å². The number of carbonyl (C=O) groups excluding carboxylic acids is 2. The van der Waals surface area contributed by atoms with Crippen molar-refractivity contribution in [1.29, 1.82) is 0 Å². The van der Waals surface area contributed by atoms with Crippen LogP contribution < -0.4 is 10.6 Å². The van der Waals surface area contributed by atoms with Crippen LogP contribution in [0, 0.1) is 11.6 Å². The fourth-order valence-corrected chi connectivity index (χ4v) is 3.61. The van der Waals surface area contributed by atoms with Crippen molar-refractivity contribution in [3.8, 4) is 0 Å². The number of piperazine rings is 1.